The molecule has 0 spiro atoms. The molecule has 0 radical (unpaired) electrons. The second kappa shape index (κ2) is 26.3. The highest BCUT2D eigenvalue weighted by Crippen LogP contribution is 2.34. The van der Waals surface area contributed by atoms with Gasteiger partial charge >= 0.3 is 0 Å². The maximum atomic E-state index is 12.8. The summed E-state index contributed by atoms with van der Waals surface area (Å²) in [7, 11) is 15.2. The predicted octanol–water partition coefficient (Wildman–Crippen LogP) is 6.47. The Labute approximate surface area is 392 Å². The van der Waals surface area contributed by atoms with Gasteiger partial charge in [-0.3, -0.25) is 9.59 Å². The highest BCUT2D eigenvalue weighted by Gasteiger charge is 2.24. The number of benzene rings is 4. The summed E-state index contributed by atoms with van der Waals surface area (Å²) in [5.41, 5.74) is 6.84. The topological polar surface area (TPSA) is 130 Å². The Bertz CT molecular complexity index is 2180. The molecular weight excluding hydrogens is 841 g/mol. The van der Waals surface area contributed by atoms with E-state index in [0.29, 0.717) is 30.1 Å². The van der Waals surface area contributed by atoms with Crippen LogP contribution in [0.4, 0.5) is 0 Å². The zero-order valence-corrected chi connectivity index (χ0v) is 40.7. The van der Waals surface area contributed by atoms with E-state index in [4.69, 9.17) is 37.9 Å². The molecule has 0 atom stereocenters. The summed E-state index contributed by atoms with van der Waals surface area (Å²) in [6.07, 6.45) is 7.30. The second-order valence-corrected chi connectivity index (χ2v) is 16.6. The number of carbonyl (C=O) groups is 2. The van der Waals surface area contributed by atoms with Gasteiger partial charge in [0.1, 0.15) is 0 Å². The first-order valence-corrected chi connectivity index (χ1v) is 22.9. The predicted molar refractivity (Wildman–Crippen MR) is 258 cm³/mol. The van der Waals surface area contributed by atoms with E-state index in [-0.39, 0.29) is 11.8 Å². The average molecular weight is 913 g/mol. The molecule has 2 heterocycles. The fourth-order valence-electron chi connectivity index (χ4n) is 8.48. The number of likely N-dealkylation sites (N-methyl/N-ethyl adjacent to an activating group) is 1. The van der Waals surface area contributed by atoms with E-state index in [1.165, 1.54) is 11.1 Å². The maximum absolute atomic E-state index is 12.8. The third-order valence-electron chi connectivity index (χ3n) is 12.3. The van der Waals surface area contributed by atoms with Crippen LogP contribution in [0.15, 0.2) is 60.7 Å². The quantitative estimate of drug-likeness (QED) is 0.0820. The van der Waals surface area contributed by atoms with Crippen LogP contribution in [0.5, 0.6) is 46.0 Å². The van der Waals surface area contributed by atoms with Crippen LogP contribution in [0, 0.1) is 0 Å². The molecule has 0 bridgehead atoms. The van der Waals surface area contributed by atoms with Gasteiger partial charge in [-0.25, -0.2) is 0 Å². The highest BCUT2D eigenvalue weighted by molar-refractivity contribution is 5.81. The summed E-state index contributed by atoms with van der Waals surface area (Å²) in [5.74, 6) is 6.16. The Balaban J connectivity index is 0.000000247. The van der Waals surface area contributed by atoms with Crippen molar-refractivity contribution in [1.29, 1.82) is 0 Å². The van der Waals surface area contributed by atoms with Crippen LogP contribution in [0.1, 0.15) is 52.6 Å². The summed E-state index contributed by atoms with van der Waals surface area (Å²) in [4.78, 5) is 31.9. The molecule has 14 heteroatoms. The van der Waals surface area contributed by atoms with Crippen molar-refractivity contribution in [2.45, 2.75) is 57.8 Å². The van der Waals surface area contributed by atoms with Gasteiger partial charge in [-0.05, 0) is 154 Å². The lowest BCUT2D eigenvalue weighted by Crippen LogP contribution is -2.35. The Morgan fingerprint density at radius 1 is 0.470 bits per heavy atom. The van der Waals surface area contributed by atoms with E-state index in [1.54, 1.807) is 56.9 Å². The smallest absolute Gasteiger partial charge is 0.227 e. The number of hydrogen-bond donors (Lipinski definition) is 1. The first kappa shape index (κ1) is 51.1. The maximum Gasteiger partial charge on any atom is 0.227 e. The number of nitrogens with zero attached hydrogens (tertiary/aromatic N) is 3. The lowest BCUT2D eigenvalue weighted by Gasteiger charge is -2.23. The molecule has 14 nitrogen and oxygen atoms in total. The number of nitrogens with one attached hydrogen (secondary N) is 1. The number of ether oxygens (including phenoxy) is 8. The lowest BCUT2D eigenvalue weighted by atomic mass is 10.0. The fraction of sp³-hybridized carbons (Fsp3) is 0.500. The van der Waals surface area contributed by atoms with Gasteiger partial charge in [-0.2, -0.15) is 0 Å². The van der Waals surface area contributed by atoms with Crippen LogP contribution in [0.25, 0.3) is 0 Å². The summed E-state index contributed by atoms with van der Waals surface area (Å²) < 4.78 is 43.0. The average Bonchev–Trinajstić information content (AvgIpc) is 3.60. The molecule has 2 aliphatic heterocycles. The van der Waals surface area contributed by atoms with Gasteiger partial charge in [-0.1, -0.05) is 12.1 Å². The van der Waals surface area contributed by atoms with Crippen LogP contribution < -0.4 is 43.2 Å². The monoisotopic (exact) mass is 913 g/mol. The largest absolute Gasteiger partial charge is 0.493 e. The van der Waals surface area contributed by atoms with Crippen LogP contribution in [0.2, 0.25) is 0 Å². The van der Waals surface area contributed by atoms with E-state index in [9.17, 15) is 9.59 Å². The molecule has 1 N–H and O–H groups in total. The van der Waals surface area contributed by atoms with Gasteiger partial charge in [0.15, 0.2) is 46.0 Å². The summed E-state index contributed by atoms with van der Waals surface area (Å²) in [6.45, 7) is 6.71. The highest BCUT2D eigenvalue weighted by atomic mass is 16.5. The fourth-order valence-corrected chi connectivity index (χ4v) is 8.48. The number of hydrogen-bond acceptors (Lipinski definition) is 12. The van der Waals surface area contributed by atoms with Crippen molar-refractivity contribution in [2.75, 3.05) is 116 Å². The molecule has 4 aromatic rings. The molecule has 0 aromatic heterocycles. The molecule has 0 unspecified atom stereocenters. The normalized spacial score (nSPS) is 13.4. The minimum atomic E-state index is 0.175. The molecule has 66 heavy (non-hydrogen) atoms. The molecule has 0 saturated heterocycles. The van der Waals surface area contributed by atoms with E-state index < -0.39 is 0 Å². The van der Waals surface area contributed by atoms with Crippen molar-refractivity contribution in [2.24, 2.45) is 0 Å². The molecule has 0 saturated carbocycles. The van der Waals surface area contributed by atoms with Gasteiger partial charge in [0.05, 0.1) is 69.7 Å². The SMILES string of the molecule is COc1ccc(CCCNCCCN2CCc3cc(OC)c(OC)cc3CC2=O)cc1OC.COc1ccc(CCN(C)CCCN2CCc3cc(OC)c(OC)cc3CC2=O)cc1OC. The van der Waals surface area contributed by atoms with Crippen molar-refractivity contribution >= 4 is 11.8 Å². The Morgan fingerprint density at radius 3 is 1.32 bits per heavy atom. The van der Waals surface area contributed by atoms with Crippen LogP contribution in [-0.2, 0) is 48.1 Å². The minimum absolute atomic E-state index is 0.175. The van der Waals surface area contributed by atoms with Crippen LogP contribution in [-0.4, -0.2) is 143 Å². The number of carbonyl (C=O) groups excluding carboxylic acids is 2. The molecule has 0 fully saturated rings. The first-order valence-electron chi connectivity index (χ1n) is 22.9. The van der Waals surface area contributed by atoms with Gasteiger partial charge in [0, 0.05) is 32.7 Å². The van der Waals surface area contributed by atoms with Gasteiger partial charge in [0.2, 0.25) is 11.8 Å². The van der Waals surface area contributed by atoms with Crippen molar-refractivity contribution in [3.63, 3.8) is 0 Å². The second-order valence-electron chi connectivity index (χ2n) is 16.6. The van der Waals surface area contributed by atoms with E-state index in [0.717, 1.165) is 148 Å². The Morgan fingerprint density at radius 2 is 0.864 bits per heavy atom. The van der Waals surface area contributed by atoms with Crippen LogP contribution in [0.3, 0.4) is 0 Å². The summed E-state index contributed by atoms with van der Waals surface area (Å²) >= 11 is 0. The molecular formula is C52H72N4O10. The van der Waals surface area contributed by atoms with Gasteiger partial charge in [-0.15, -0.1) is 0 Å². The van der Waals surface area contributed by atoms with Crippen molar-refractivity contribution in [1.82, 2.24) is 20.0 Å². The zero-order chi connectivity index (χ0) is 47.4. The van der Waals surface area contributed by atoms with Crippen molar-refractivity contribution in [3.05, 3.63) is 94.0 Å². The van der Waals surface area contributed by atoms with Crippen LogP contribution >= 0.6 is 0 Å². The van der Waals surface area contributed by atoms with Crippen molar-refractivity contribution in [3.8, 4) is 46.0 Å². The summed E-state index contributed by atoms with van der Waals surface area (Å²) in [6, 6.07) is 20.0. The van der Waals surface area contributed by atoms with E-state index in [1.807, 2.05) is 58.3 Å². The van der Waals surface area contributed by atoms with Crippen molar-refractivity contribution < 1.29 is 47.5 Å². The van der Waals surface area contributed by atoms with E-state index in [2.05, 4.69) is 29.4 Å². The van der Waals surface area contributed by atoms with Gasteiger partial charge < -0.3 is 57.9 Å². The number of amides is 2. The Hall–Kier alpha value is -5.86. The van der Waals surface area contributed by atoms with Gasteiger partial charge in [0.25, 0.3) is 0 Å². The first-order chi connectivity index (χ1) is 32.1. The molecule has 360 valence electrons. The molecule has 2 amide bonds. The van der Waals surface area contributed by atoms with E-state index >= 15 is 0 Å². The summed E-state index contributed by atoms with van der Waals surface area (Å²) in [5, 5.41) is 3.50. The molecule has 0 aliphatic carbocycles. The molecule has 6 rings (SSSR count). The number of fused-ring (bicyclic) bond motifs is 2. The Kier molecular flexibility index (Phi) is 20.4. The number of methoxy groups -OCH3 is 8. The lowest BCUT2D eigenvalue weighted by molar-refractivity contribution is -0.131. The minimum Gasteiger partial charge on any atom is -0.493 e. The third-order valence-corrected chi connectivity index (χ3v) is 12.3. The number of aryl methyl sites for hydroxylation is 1. The molecule has 2 aliphatic rings. The standard InChI is InChI=1S/2C26H36N2O5/c1-27(13-9-19-7-8-22(30-2)23(15-19)31-3)11-6-12-28-14-10-20-16-24(32-4)25(33-5)17-21(20)18-26(28)29;1-30-22-9-8-19(15-23(22)31-2)7-5-11-27-12-6-13-28-14-10-20-16-24(32-3)25(33-4)17-21(20)18-26(28)29/h7-8,15-17H,6,9-14,18H2,1-5H3;8-9,15-17,27H,5-7,10-14,18H2,1-4H3. The number of rotatable bonds is 23. The third kappa shape index (κ3) is 14.3. The zero-order valence-electron chi connectivity index (χ0n) is 40.7. The molecule has 4 aromatic carbocycles.